The Balaban J connectivity index is 1.67. The number of amides is 1. The van der Waals surface area contributed by atoms with Gasteiger partial charge in [-0.05, 0) is 69.1 Å². The zero-order valence-corrected chi connectivity index (χ0v) is 20.4. The fourth-order valence-electron chi connectivity index (χ4n) is 4.10. The number of sulfonamides is 1. The van der Waals surface area contributed by atoms with Gasteiger partial charge < -0.3 is 10.2 Å². The molecule has 1 aromatic carbocycles. The number of anilines is 1. The highest BCUT2D eigenvalue weighted by Crippen LogP contribution is 2.35. The lowest BCUT2D eigenvalue weighted by Crippen LogP contribution is -2.33. The number of primary sulfonamides is 1. The maximum Gasteiger partial charge on any atom is 0.263 e. The third-order valence-electron chi connectivity index (χ3n) is 5.72. The van der Waals surface area contributed by atoms with Crippen LogP contribution in [-0.2, 0) is 40.7 Å². The van der Waals surface area contributed by atoms with Gasteiger partial charge in [0.1, 0.15) is 17.2 Å². The van der Waals surface area contributed by atoms with Gasteiger partial charge in [-0.15, -0.1) is 11.3 Å². The first kappa shape index (κ1) is 23.6. The summed E-state index contributed by atoms with van der Waals surface area (Å²) in [7, 11) is -0.0482. The average molecular weight is 490 g/mol. The number of benzene rings is 1. The molecule has 176 valence electrons. The molecule has 3 N–H and O–H groups in total. The number of thiophene rings is 1. The second kappa shape index (κ2) is 8.98. The van der Waals surface area contributed by atoms with Crippen LogP contribution >= 0.6 is 11.3 Å². The van der Waals surface area contributed by atoms with E-state index in [0.717, 1.165) is 29.7 Å². The first-order chi connectivity index (χ1) is 15.5. The maximum absolute atomic E-state index is 13.5. The van der Waals surface area contributed by atoms with Crippen molar-refractivity contribution in [1.29, 1.82) is 0 Å². The molecule has 11 heteroatoms. The summed E-state index contributed by atoms with van der Waals surface area (Å²) in [6.45, 7) is 2.44. The quantitative estimate of drug-likeness (QED) is 0.545. The summed E-state index contributed by atoms with van der Waals surface area (Å²) in [5, 5.41) is 8.46. The summed E-state index contributed by atoms with van der Waals surface area (Å²) in [6.07, 6.45) is 2.84. The number of aryl methyl sites for hydroxylation is 1. The summed E-state index contributed by atoms with van der Waals surface area (Å²) >= 11 is 1.59. The minimum Gasteiger partial charge on any atom is -0.325 e. The number of nitrogens with two attached hydrogens (primary N) is 1. The van der Waals surface area contributed by atoms with E-state index in [-0.39, 0.29) is 17.0 Å². The lowest BCUT2D eigenvalue weighted by atomic mass is 9.89. The summed E-state index contributed by atoms with van der Waals surface area (Å²) in [4.78, 5) is 35.0. The Bertz CT molecular complexity index is 1370. The smallest absolute Gasteiger partial charge is 0.263 e. The Morgan fingerprint density at radius 2 is 2.00 bits per heavy atom. The molecule has 9 nitrogen and oxygen atoms in total. The largest absolute Gasteiger partial charge is 0.325 e. The van der Waals surface area contributed by atoms with Crippen LogP contribution in [0.25, 0.3) is 10.2 Å². The van der Waals surface area contributed by atoms with Gasteiger partial charge in [-0.25, -0.2) is 18.5 Å². The second-order valence-electron chi connectivity index (χ2n) is 8.81. The number of nitrogens with zero attached hydrogens (tertiary/aromatic N) is 3. The second-order valence-corrected chi connectivity index (χ2v) is 11.5. The lowest BCUT2D eigenvalue weighted by molar-refractivity contribution is -0.116. The van der Waals surface area contributed by atoms with E-state index in [9.17, 15) is 18.0 Å². The molecule has 0 fully saturated rings. The van der Waals surface area contributed by atoms with E-state index in [1.54, 1.807) is 11.3 Å². The Hall–Kier alpha value is -2.60. The van der Waals surface area contributed by atoms with Crippen molar-refractivity contribution in [2.45, 2.75) is 44.2 Å². The predicted molar refractivity (Wildman–Crippen MR) is 129 cm³/mol. The topological polar surface area (TPSA) is 127 Å². The van der Waals surface area contributed by atoms with E-state index in [2.05, 4.69) is 12.2 Å². The van der Waals surface area contributed by atoms with Gasteiger partial charge in [0.2, 0.25) is 15.9 Å². The van der Waals surface area contributed by atoms with Crippen LogP contribution in [0.3, 0.4) is 0 Å². The molecular weight excluding hydrogens is 462 g/mol. The molecule has 3 aromatic rings. The molecule has 1 atom stereocenters. The molecule has 33 heavy (non-hydrogen) atoms. The molecule has 2 aromatic heterocycles. The highest BCUT2D eigenvalue weighted by Gasteiger charge is 2.25. The fraction of sp³-hybridized carbons (Fsp3) is 0.409. The summed E-state index contributed by atoms with van der Waals surface area (Å²) < 4.78 is 24.3. The molecule has 0 saturated heterocycles. The number of fused-ring (bicyclic) bond motifs is 3. The van der Waals surface area contributed by atoms with Gasteiger partial charge in [-0.1, -0.05) is 6.92 Å². The zero-order valence-electron chi connectivity index (χ0n) is 18.8. The van der Waals surface area contributed by atoms with Crippen molar-refractivity contribution in [1.82, 2.24) is 14.5 Å². The standard InChI is InChI=1S/C22H27N5O4S2/c1-13-4-9-16-17(10-13)32-21-20(16)22(29)27(18(25-21)11-26(2)3)12-19(28)24-14-5-7-15(8-6-14)33(23,30)31/h5-8,13H,4,9-12H2,1-3H3,(H,24,28)(H2,23,30,31). The van der Waals surface area contributed by atoms with E-state index < -0.39 is 15.9 Å². The number of hydrogen-bond acceptors (Lipinski definition) is 7. The Kier molecular flexibility index (Phi) is 6.41. The van der Waals surface area contributed by atoms with E-state index >= 15 is 0 Å². The SMILES string of the molecule is CC1CCc2c(sc3nc(CN(C)C)n(CC(=O)Nc4ccc(S(N)(=O)=O)cc4)c(=O)c23)C1. The van der Waals surface area contributed by atoms with Crippen LogP contribution in [0.15, 0.2) is 34.0 Å². The number of nitrogens with one attached hydrogen (secondary N) is 1. The maximum atomic E-state index is 13.5. The van der Waals surface area contributed by atoms with Crippen molar-refractivity contribution >= 4 is 43.2 Å². The van der Waals surface area contributed by atoms with Gasteiger partial charge in [-0.2, -0.15) is 0 Å². The molecule has 0 aliphatic heterocycles. The highest BCUT2D eigenvalue weighted by atomic mass is 32.2. The van der Waals surface area contributed by atoms with Crippen molar-refractivity contribution in [2.24, 2.45) is 11.1 Å². The van der Waals surface area contributed by atoms with Gasteiger partial charge >= 0.3 is 0 Å². The summed E-state index contributed by atoms with van der Waals surface area (Å²) in [5.74, 6) is 0.712. The van der Waals surface area contributed by atoms with Crippen molar-refractivity contribution in [3.05, 3.63) is 50.9 Å². The number of aromatic nitrogens is 2. The van der Waals surface area contributed by atoms with Crippen molar-refractivity contribution in [2.75, 3.05) is 19.4 Å². The molecule has 1 unspecified atom stereocenters. The number of carbonyl (C=O) groups excluding carboxylic acids is 1. The molecule has 1 aliphatic carbocycles. The van der Waals surface area contributed by atoms with E-state index in [1.807, 2.05) is 19.0 Å². The van der Waals surface area contributed by atoms with Crippen molar-refractivity contribution < 1.29 is 13.2 Å². The van der Waals surface area contributed by atoms with E-state index in [4.69, 9.17) is 10.1 Å². The number of rotatable bonds is 6. The minimum atomic E-state index is -3.82. The molecule has 0 spiro atoms. The minimum absolute atomic E-state index is 0.0452. The van der Waals surface area contributed by atoms with Crippen LogP contribution in [0, 0.1) is 5.92 Å². The predicted octanol–water partition coefficient (Wildman–Crippen LogP) is 1.93. The first-order valence-electron chi connectivity index (χ1n) is 10.6. The van der Waals surface area contributed by atoms with Crippen molar-refractivity contribution in [3.63, 3.8) is 0 Å². The third-order valence-corrected chi connectivity index (χ3v) is 7.80. The molecule has 2 heterocycles. The van der Waals surface area contributed by atoms with Gasteiger partial charge in [-0.3, -0.25) is 14.2 Å². The molecular formula is C22H27N5O4S2. The average Bonchev–Trinajstić information content (AvgIpc) is 3.07. The van der Waals surface area contributed by atoms with Gasteiger partial charge in [0.25, 0.3) is 5.56 Å². The third kappa shape index (κ3) is 5.01. The van der Waals surface area contributed by atoms with Crippen LogP contribution in [0.1, 0.15) is 29.6 Å². The van der Waals surface area contributed by atoms with Crippen LogP contribution in [-0.4, -0.2) is 42.9 Å². The molecule has 4 rings (SSSR count). The van der Waals surface area contributed by atoms with Gasteiger partial charge in [0.15, 0.2) is 0 Å². The normalized spacial score (nSPS) is 16.2. The first-order valence-corrected chi connectivity index (χ1v) is 13.0. The van der Waals surface area contributed by atoms with E-state index in [1.165, 1.54) is 33.7 Å². The van der Waals surface area contributed by atoms with Crippen LogP contribution < -0.4 is 16.0 Å². The fourth-order valence-corrected chi connectivity index (χ4v) is 6.01. The molecule has 1 amide bonds. The summed E-state index contributed by atoms with van der Waals surface area (Å²) in [5.41, 5.74) is 1.30. The lowest BCUT2D eigenvalue weighted by Gasteiger charge is -2.18. The highest BCUT2D eigenvalue weighted by molar-refractivity contribution is 7.89. The molecule has 0 bridgehead atoms. The van der Waals surface area contributed by atoms with Crippen LogP contribution in [0.4, 0.5) is 5.69 Å². The zero-order chi connectivity index (χ0) is 23.9. The van der Waals surface area contributed by atoms with Crippen molar-refractivity contribution in [3.8, 4) is 0 Å². The molecule has 0 radical (unpaired) electrons. The number of carbonyl (C=O) groups is 1. The van der Waals surface area contributed by atoms with Crippen LogP contribution in [0.2, 0.25) is 0 Å². The number of hydrogen-bond donors (Lipinski definition) is 2. The molecule has 1 aliphatic rings. The van der Waals surface area contributed by atoms with E-state index in [0.29, 0.717) is 29.4 Å². The Morgan fingerprint density at radius 3 is 2.64 bits per heavy atom. The van der Waals surface area contributed by atoms with Gasteiger partial charge in [0.05, 0.1) is 16.8 Å². The monoisotopic (exact) mass is 489 g/mol. The summed E-state index contributed by atoms with van der Waals surface area (Å²) in [6, 6.07) is 5.56. The molecule has 0 saturated carbocycles. The Labute approximate surface area is 196 Å². The van der Waals surface area contributed by atoms with Crippen LogP contribution in [0.5, 0.6) is 0 Å². The van der Waals surface area contributed by atoms with Gasteiger partial charge in [0, 0.05) is 10.6 Å². The Morgan fingerprint density at radius 1 is 1.30 bits per heavy atom.